The number of anilines is 1. The molecule has 2 aromatic heterocycles. The largest absolute Gasteiger partial charge is 0.494 e. The molecule has 1 aromatic carbocycles. The number of benzene rings is 1. The van der Waals surface area contributed by atoms with Crippen molar-refractivity contribution in [3.63, 3.8) is 0 Å². The summed E-state index contributed by atoms with van der Waals surface area (Å²) in [5.41, 5.74) is 3.87. The number of nitrogens with one attached hydrogen (secondary N) is 1. The molecule has 0 bridgehead atoms. The van der Waals surface area contributed by atoms with Gasteiger partial charge in [-0.2, -0.15) is 9.61 Å². The summed E-state index contributed by atoms with van der Waals surface area (Å²) in [6.07, 6.45) is 3.54. The quantitative estimate of drug-likeness (QED) is 0.727. The molecule has 0 saturated heterocycles. The Hall–Kier alpha value is -2.63. The third-order valence-electron chi connectivity index (χ3n) is 3.49. The molecule has 0 aliphatic heterocycles. The SMILES string of the molecule is CCCOc1cccc(CCNc2cc(C)nn3cnnc23)c1. The number of aryl methyl sites for hydroxylation is 1. The van der Waals surface area contributed by atoms with E-state index in [4.69, 9.17) is 4.74 Å². The third kappa shape index (κ3) is 3.77. The summed E-state index contributed by atoms with van der Waals surface area (Å²) in [7, 11) is 0. The van der Waals surface area contributed by atoms with Crippen LogP contribution in [-0.4, -0.2) is 33.0 Å². The number of ether oxygens (including phenoxy) is 1. The van der Waals surface area contributed by atoms with E-state index in [-0.39, 0.29) is 0 Å². The molecule has 1 N–H and O–H groups in total. The molecule has 0 aliphatic carbocycles. The highest BCUT2D eigenvalue weighted by molar-refractivity contribution is 5.66. The topological polar surface area (TPSA) is 64.3 Å². The maximum atomic E-state index is 5.67. The minimum absolute atomic E-state index is 0.746. The van der Waals surface area contributed by atoms with Gasteiger partial charge in [0.25, 0.3) is 0 Å². The predicted octanol–water partition coefficient (Wildman–Crippen LogP) is 2.88. The van der Waals surface area contributed by atoms with Crippen LogP contribution in [0.15, 0.2) is 36.7 Å². The van der Waals surface area contributed by atoms with Crippen molar-refractivity contribution in [1.82, 2.24) is 19.8 Å². The standard InChI is InChI=1S/C17H21N5O/c1-3-9-23-15-6-4-5-14(11-15)7-8-18-16-10-13(2)21-22-12-19-20-17(16)22/h4-6,10-12,18H,3,7-9H2,1-2H3. The molecule has 0 spiro atoms. The summed E-state index contributed by atoms with van der Waals surface area (Å²) in [6, 6.07) is 10.2. The van der Waals surface area contributed by atoms with Gasteiger partial charge in [0, 0.05) is 6.54 Å². The van der Waals surface area contributed by atoms with Gasteiger partial charge in [-0.15, -0.1) is 10.2 Å². The summed E-state index contributed by atoms with van der Waals surface area (Å²) < 4.78 is 7.36. The highest BCUT2D eigenvalue weighted by atomic mass is 16.5. The molecule has 0 atom stereocenters. The molecule has 0 saturated carbocycles. The van der Waals surface area contributed by atoms with Crippen molar-refractivity contribution in [1.29, 1.82) is 0 Å². The van der Waals surface area contributed by atoms with Crippen LogP contribution < -0.4 is 10.1 Å². The Bertz CT molecular complexity index is 784. The molecule has 6 heteroatoms. The van der Waals surface area contributed by atoms with Crippen molar-refractivity contribution in [3.05, 3.63) is 47.9 Å². The number of nitrogens with zero attached hydrogens (tertiary/aromatic N) is 4. The first-order chi connectivity index (χ1) is 11.3. The molecule has 2 heterocycles. The zero-order chi connectivity index (χ0) is 16.1. The Morgan fingerprint density at radius 1 is 1.26 bits per heavy atom. The van der Waals surface area contributed by atoms with Crippen LogP contribution in [0.25, 0.3) is 5.65 Å². The smallest absolute Gasteiger partial charge is 0.200 e. The molecule has 23 heavy (non-hydrogen) atoms. The van der Waals surface area contributed by atoms with Gasteiger partial charge < -0.3 is 10.1 Å². The third-order valence-corrected chi connectivity index (χ3v) is 3.49. The van der Waals surface area contributed by atoms with E-state index in [2.05, 4.69) is 39.7 Å². The molecular formula is C17H21N5O. The Labute approximate surface area is 135 Å². The van der Waals surface area contributed by atoms with Crippen LogP contribution in [0, 0.1) is 6.92 Å². The van der Waals surface area contributed by atoms with Gasteiger partial charge >= 0.3 is 0 Å². The average Bonchev–Trinajstić information content (AvgIpc) is 3.01. The fraction of sp³-hybridized carbons (Fsp3) is 0.353. The molecule has 6 nitrogen and oxygen atoms in total. The molecule has 0 amide bonds. The van der Waals surface area contributed by atoms with Gasteiger partial charge in [0.15, 0.2) is 0 Å². The van der Waals surface area contributed by atoms with E-state index in [9.17, 15) is 0 Å². The second-order valence-electron chi connectivity index (χ2n) is 5.47. The van der Waals surface area contributed by atoms with E-state index in [0.29, 0.717) is 0 Å². The van der Waals surface area contributed by atoms with Crippen LogP contribution >= 0.6 is 0 Å². The van der Waals surface area contributed by atoms with Crippen LogP contribution in [0.5, 0.6) is 5.75 Å². The highest BCUT2D eigenvalue weighted by Crippen LogP contribution is 2.16. The van der Waals surface area contributed by atoms with Gasteiger partial charge in [-0.1, -0.05) is 19.1 Å². The van der Waals surface area contributed by atoms with Crippen LogP contribution in [0.3, 0.4) is 0 Å². The second-order valence-corrected chi connectivity index (χ2v) is 5.47. The van der Waals surface area contributed by atoms with Crippen LogP contribution in [-0.2, 0) is 6.42 Å². The monoisotopic (exact) mass is 311 g/mol. The summed E-state index contributed by atoms with van der Waals surface area (Å²) in [6.45, 7) is 5.63. The Morgan fingerprint density at radius 3 is 3.04 bits per heavy atom. The van der Waals surface area contributed by atoms with Crippen molar-refractivity contribution in [2.45, 2.75) is 26.7 Å². The zero-order valence-electron chi connectivity index (χ0n) is 13.5. The minimum atomic E-state index is 0.746. The fourth-order valence-electron chi connectivity index (χ4n) is 2.43. The molecule has 3 rings (SSSR count). The minimum Gasteiger partial charge on any atom is -0.494 e. The van der Waals surface area contributed by atoms with Crippen LogP contribution in [0.1, 0.15) is 24.6 Å². The number of fused-ring (bicyclic) bond motifs is 1. The lowest BCUT2D eigenvalue weighted by Crippen LogP contribution is -2.08. The normalized spacial score (nSPS) is 10.9. The van der Waals surface area contributed by atoms with Crippen molar-refractivity contribution in [3.8, 4) is 5.75 Å². The molecule has 120 valence electrons. The lowest BCUT2D eigenvalue weighted by atomic mass is 10.1. The van der Waals surface area contributed by atoms with E-state index in [1.54, 1.807) is 10.8 Å². The first-order valence-corrected chi connectivity index (χ1v) is 7.89. The molecule has 3 aromatic rings. The maximum Gasteiger partial charge on any atom is 0.200 e. The van der Waals surface area contributed by atoms with Crippen LogP contribution in [0.2, 0.25) is 0 Å². The fourth-order valence-corrected chi connectivity index (χ4v) is 2.43. The van der Waals surface area contributed by atoms with Gasteiger partial charge in [-0.3, -0.25) is 0 Å². The van der Waals surface area contributed by atoms with E-state index in [1.165, 1.54) is 5.56 Å². The number of aromatic nitrogens is 4. The van der Waals surface area contributed by atoms with Gasteiger partial charge in [-0.25, -0.2) is 0 Å². The van der Waals surface area contributed by atoms with Gasteiger partial charge in [0.05, 0.1) is 18.0 Å². The van der Waals surface area contributed by atoms with E-state index < -0.39 is 0 Å². The number of hydrogen-bond acceptors (Lipinski definition) is 5. The van der Waals surface area contributed by atoms with Crippen molar-refractivity contribution >= 4 is 11.3 Å². The lowest BCUT2D eigenvalue weighted by molar-refractivity contribution is 0.317. The maximum absolute atomic E-state index is 5.67. The van der Waals surface area contributed by atoms with Crippen molar-refractivity contribution in [2.75, 3.05) is 18.5 Å². The Morgan fingerprint density at radius 2 is 2.17 bits per heavy atom. The highest BCUT2D eigenvalue weighted by Gasteiger charge is 2.06. The summed E-state index contributed by atoms with van der Waals surface area (Å²) >= 11 is 0. The van der Waals surface area contributed by atoms with E-state index in [1.807, 2.05) is 25.1 Å². The average molecular weight is 311 g/mol. The molecular weight excluding hydrogens is 290 g/mol. The predicted molar refractivity (Wildman–Crippen MR) is 89.9 cm³/mol. The second kappa shape index (κ2) is 7.09. The van der Waals surface area contributed by atoms with Gasteiger partial charge in [0.2, 0.25) is 5.65 Å². The van der Waals surface area contributed by atoms with E-state index in [0.717, 1.165) is 48.8 Å². The zero-order valence-corrected chi connectivity index (χ0v) is 13.5. The van der Waals surface area contributed by atoms with Gasteiger partial charge in [-0.05, 0) is 43.5 Å². The van der Waals surface area contributed by atoms with Gasteiger partial charge in [0.1, 0.15) is 12.1 Å². The molecule has 0 unspecified atom stereocenters. The summed E-state index contributed by atoms with van der Waals surface area (Å²) in [5, 5.41) is 15.8. The Kier molecular flexibility index (Phi) is 4.71. The van der Waals surface area contributed by atoms with E-state index >= 15 is 0 Å². The number of hydrogen-bond donors (Lipinski definition) is 1. The first kappa shape index (κ1) is 15.3. The Balaban J connectivity index is 1.63. The van der Waals surface area contributed by atoms with Crippen molar-refractivity contribution < 1.29 is 4.74 Å². The summed E-state index contributed by atoms with van der Waals surface area (Å²) in [4.78, 5) is 0. The van der Waals surface area contributed by atoms with Crippen LogP contribution in [0.4, 0.5) is 5.69 Å². The lowest BCUT2D eigenvalue weighted by Gasteiger charge is -2.09. The summed E-state index contributed by atoms with van der Waals surface area (Å²) in [5.74, 6) is 0.934. The molecule has 0 fully saturated rings. The molecule has 0 aliphatic rings. The van der Waals surface area contributed by atoms with Crippen molar-refractivity contribution in [2.24, 2.45) is 0 Å². The molecule has 0 radical (unpaired) electrons. The number of rotatable bonds is 7. The first-order valence-electron chi connectivity index (χ1n) is 7.89.